The van der Waals surface area contributed by atoms with Crippen LogP contribution in [-0.4, -0.2) is 20.9 Å². The van der Waals surface area contributed by atoms with E-state index in [0.717, 1.165) is 11.4 Å². The van der Waals surface area contributed by atoms with Gasteiger partial charge in [-0.15, -0.1) is 16.7 Å². The van der Waals surface area contributed by atoms with E-state index in [1.165, 1.54) is 6.07 Å². The molecule has 1 heterocycles. The maximum atomic E-state index is 13.0. The largest absolute Gasteiger partial charge is 0.220 e. The van der Waals surface area contributed by atoms with E-state index in [1.54, 1.807) is 23.0 Å². The van der Waals surface area contributed by atoms with Crippen molar-refractivity contribution in [3.05, 3.63) is 40.4 Å². The summed E-state index contributed by atoms with van der Waals surface area (Å²) in [7, 11) is 0. The maximum Gasteiger partial charge on any atom is 0.137 e. The molecule has 0 spiro atoms. The van der Waals surface area contributed by atoms with Crippen LogP contribution in [0.4, 0.5) is 4.39 Å². The summed E-state index contributed by atoms with van der Waals surface area (Å²) in [6, 6.07) is 4.66. The van der Waals surface area contributed by atoms with Crippen molar-refractivity contribution in [2.75, 3.05) is 5.88 Å². The maximum absolute atomic E-state index is 13.0. The number of rotatable bonds is 3. The van der Waals surface area contributed by atoms with Crippen LogP contribution in [0.3, 0.4) is 0 Å². The van der Waals surface area contributed by atoms with Gasteiger partial charge in [0.15, 0.2) is 0 Å². The molecule has 6 heteroatoms. The van der Waals surface area contributed by atoms with Crippen molar-refractivity contribution >= 4 is 27.5 Å². The minimum atomic E-state index is -0.301. The zero-order valence-corrected chi connectivity index (χ0v) is 10.5. The number of halogens is 3. The van der Waals surface area contributed by atoms with Gasteiger partial charge in [0.2, 0.25) is 0 Å². The molecule has 0 radical (unpaired) electrons. The SMILES string of the molecule is Fc1ccc(-n2cc(CCCl)nn2)cc1Br. The molecule has 3 nitrogen and oxygen atoms in total. The highest BCUT2D eigenvalue weighted by Crippen LogP contribution is 2.19. The molecular weight excluding hydrogens is 296 g/mol. The first-order valence-corrected chi connectivity index (χ1v) is 5.96. The Bertz CT molecular complexity index is 501. The average Bonchev–Trinajstić information content (AvgIpc) is 2.71. The molecule has 16 heavy (non-hydrogen) atoms. The quantitative estimate of drug-likeness (QED) is 0.816. The number of benzene rings is 1. The Hall–Kier alpha value is -0.940. The lowest BCUT2D eigenvalue weighted by molar-refractivity contribution is 0.620. The van der Waals surface area contributed by atoms with Crippen LogP contribution < -0.4 is 0 Å². The van der Waals surface area contributed by atoms with E-state index in [1.807, 2.05) is 0 Å². The van der Waals surface area contributed by atoms with Crippen LogP contribution >= 0.6 is 27.5 Å². The third-order valence-electron chi connectivity index (χ3n) is 2.06. The van der Waals surface area contributed by atoms with E-state index in [2.05, 4.69) is 26.2 Å². The first-order valence-electron chi connectivity index (χ1n) is 4.63. The molecule has 2 rings (SSSR count). The van der Waals surface area contributed by atoms with Gasteiger partial charge in [0, 0.05) is 12.3 Å². The molecule has 0 aliphatic rings. The molecular formula is C10H8BrClFN3. The van der Waals surface area contributed by atoms with Crippen molar-refractivity contribution in [1.82, 2.24) is 15.0 Å². The van der Waals surface area contributed by atoms with Gasteiger partial charge >= 0.3 is 0 Å². The number of alkyl halides is 1. The molecule has 1 aromatic carbocycles. The fraction of sp³-hybridized carbons (Fsp3) is 0.200. The number of nitrogens with zero attached hydrogens (tertiary/aromatic N) is 3. The predicted octanol–water partition coefficient (Wildman–Crippen LogP) is 2.95. The van der Waals surface area contributed by atoms with Crippen LogP contribution in [0.15, 0.2) is 28.9 Å². The number of aryl methyl sites for hydroxylation is 1. The smallest absolute Gasteiger partial charge is 0.137 e. The minimum absolute atomic E-state index is 0.301. The summed E-state index contributed by atoms with van der Waals surface area (Å²) in [5.74, 6) is 0.205. The molecule has 0 saturated heterocycles. The molecule has 0 aliphatic heterocycles. The molecule has 0 saturated carbocycles. The second kappa shape index (κ2) is 4.93. The van der Waals surface area contributed by atoms with Crippen LogP contribution in [0.1, 0.15) is 5.69 Å². The monoisotopic (exact) mass is 303 g/mol. The van der Waals surface area contributed by atoms with Crippen molar-refractivity contribution in [3.8, 4) is 5.69 Å². The number of hydrogen-bond acceptors (Lipinski definition) is 2. The summed E-state index contributed by atoms with van der Waals surface area (Å²) in [4.78, 5) is 0. The molecule has 0 atom stereocenters. The Morgan fingerprint density at radius 1 is 1.44 bits per heavy atom. The summed E-state index contributed by atoms with van der Waals surface area (Å²) in [5, 5.41) is 7.89. The summed E-state index contributed by atoms with van der Waals surface area (Å²) >= 11 is 8.73. The van der Waals surface area contributed by atoms with Crippen molar-refractivity contribution in [2.45, 2.75) is 6.42 Å². The highest BCUT2D eigenvalue weighted by atomic mass is 79.9. The van der Waals surface area contributed by atoms with Gasteiger partial charge < -0.3 is 0 Å². The summed E-state index contributed by atoms with van der Waals surface area (Å²) < 4.78 is 15.0. The van der Waals surface area contributed by atoms with E-state index in [9.17, 15) is 4.39 Å². The summed E-state index contributed by atoms with van der Waals surface area (Å²) in [6.45, 7) is 0. The van der Waals surface area contributed by atoms with E-state index < -0.39 is 0 Å². The Morgan fingerprint density at radius 2 is 2.25 bits per heavy atom. The van der Waals surface area contributed by atoms with Crippen molar-refractivity contribution in [2.24, 2.45) is 0 Å². The van der Waals surface area contributed by atoms with Gasteiger partial charge in [-0.3, -0.25) is 0 Å². The van der Waals surface area contributed by atoms with E-state index in [4.69, 9.17) is 11.6 Å². The topological polar surface area (TPSA) is 30.7 Å². The number of hydrogen-bond donors (Lipinski definition) is 0. The van der Waals surface area contributed by atoms with Gasteiger partial charge in [0.25, 0.3) is 0 Å². The van der Waals surface area contributed by atoms with Crippen molar-refractivity contribution in [1.29, 1.82) is 0 Å². The van der Waals surface area contributed by atoms with Gasteiger partial charge in [0.05, 0.1) is 22.1 Å². The number of aromatic nitrogens is 3. The lowest BCUT2D eigenvalue weighted by Gasteiger charge is -2.00. The van der Waals surface area contributed by atoms with Gasteiger partial charge in [-0.2, -0.15) is 0 Å². The van der Waals surface area contributed by atoms with Crippen LogP contribution in [0.25, 0.3) is 5.69 Å². The fourth-order valence-corrected chi connectivity index (χ4v) is 1.82. The van der Waals surface area contributed by atoms with Crippen LogP contribution in [0.2, 0.25) is 0 Å². The molecule has 0 amide bonds. The molecule has 0 aliphatic carbocycles. The minimum Gasteiger partial charge on any atom is -0.220 e. The van der Waals surface area contributed by atoms with E-state index in [-0.39, 0.29) is 5.82 Å². The third-order valence-corrected chi connectivity index (χ3v) is 2.86. The lowest BCUT2D eigenvalue weighted by atomic mass is 10.3. The van der Waals surface area contributed by atoms with E-state index >= 15 is 0 Å². The molecule has 0 N–H and O–H groups in total. The Morgan fingerprint density at radius 3 is 2.94 bits per heavy atom. The molecule has 0 fully saturated rings. The fourth-order valence-electron chi connectivity index (χ4n) is 1.26. The van der Waals surface area contributed by atoms with Crippen LogP contribution in [-0.2, 0) is 6.42 Å². The van der Waals surface area contributed by atoms with Gasteiger partial charge in [-0.1, -0.05) is 5.21 Å². The first-order chi connectivity index (χ1) is 7.70. The second-order valence-corrected chi connectivity index (χ2v) is 4.42. The van der Waals surface area contributed by atoms with E-state index in [0.29, 0.717) is 16.8 Å². The summed E-state index contributed by atoms with van der Waals surface area (Å²) in [5.41, 5.74) is 1.57. The zero-order valence-electron chi connectivity index (χ0n) is 8.20. The first kappa shape index (κ1) is 11.5. The Labute approximate surface area is 105 Å². The third kappa shape index (κ3) is 2.41. The highest BCUT2D eigenvalue weighted by Gasteiger charge is 2.05. The Kier molecular flexibility index (Phi) is 3.56. The van der Waals surface area contributed by atoms with Crippen LogP contribution in [0, 0.1) is 5.82 Å². The van der Waals surface area contributed by atoms with Gasteiger partial charge in [0.1, 0.15) is 5.82 Å². The lowest BCUT2D eigenvalue weighted by Crippen LogP contribution is -1.95. The normalized spacial score (nSPS) is 10.7. The second-order valence-electron chi connectivity index (χ2n) is 3.19. The van der Waals surface area contributed by atoms with Gasteiger partial charge in [-0.25, -0.2) is 9.07 Å². The molecule has 1 aromatic heterocycles. The highest BCUT2D eigenvalue weighted by molar-refractivity contribution is 9.10. The van der Waals surface area contributed by atoms with Crippen molar-refractivity contribution in [3.63, 3.8) is 0 Å². The summed E-state index contributed by atoms with van der Waals surface area (Å²) in [6.07, 6.45) is 2.45. The van der Waals surface area contributed by atoms with Gasteiger partial charge in [-0.05, 0) is 34.1 Å². The predicted molar refractivity (Wildman–Crippen MR) is 63.4 cm³/mol. The van der Waals surface area contributed by atoms with Crippen molar-refractivity contribution < 1.29 is 4.39 Å². The average molecular weight is 305 g/mol. The zero-order chi connectivity index (χ0) is 11.5. The molecule has 2 aromatic rings. The van der Waals surface area contributed by atoms with Crippen LogP contribution in [0.5, 0.6) is 0 Å². The Balaban J connectivity index is 2.31. The molecule has 84 valence electrons. The molecule has 0 unspecified atom stereocenters. The molecule has 0 bridgehead atoms. The standard InChI is InChI=1S/C10H8BrClFN3/c11-9-5-8(1-2-10(9)13)16-6-7(3-4-12)14-15-16/h1-2,5-6H,3-4H2.